The summed E-state index contributed by atoms with van der Waals surface area (Å²) >= 11 is 11.7. The molecular formula is C21H20Cl2F3N3O4. The van der Waals surface area contributed by atoms with E-state index in [0.29, 0.717) is 34.3 Å². The first kappa shape index (κ1) is 25.1. The average Bonchev–Trinajstić information content (AvgIpc) is 2.78. The number of hydrogen-bond donors (Lipinski definition) is 2. The van der Waals surface area contributed by atoms with Gasteiger partial charge < -0.3 is 20.1 Å². The average molecular weight is 506 g/mol. The molecule has 7 nitrogen and oxygen atoms in total. The molecule has 2 aromatic rings. The van der Waals surface area contributed by atoms with E-state index in [4.69, 9.17) is 32.7 Å². The van der Waals surface area contributed by atoms with E-state index in [1.54, 1.807) is 12.1 Å². The Morgan fingerprint density at radius 2 is 1.94 bits per heavy atom. The van der Waals surface area contributed by atoms with E-state index in [0.717, 1.165) is 12.3 Å². The van der Waals surface area contributed by atoms with Gasteiger partial charge in [0.2, 0.25) is 5.91 Å². The number of carbonyl (C=O) groups is 2. The monoisotopic (exact) mass is 505 g/mol. The predicted octanol–water partition coefficient (Wildman–Crippen LogP) is 3.77. The number of nitrogens with zero attached hydrogens (tertiary/aromatic N) is 1. The molecule has 1 saturated heterocycles. The number of halogens is 5. The predicted molar refractivity (Wildman–Crippen MR) is 114 cm³/mol. The van der Waals surface area contributed by atoms with Crippen LogP contribution in [0.15, 0.2) is 36.5 Å². The molecule has 0 radical (unpaired) electrons. The summed E-state index contributed by atoms with van der Waals surface area (Å²) in [7, 11) is 0. The van der Waals surface area contributed by atoms with Crippen molar-refractivity contribution in [1.82, 2.24) is 15.6 Å². The fraction of sp³-hybridized carbons (Fsp3) is 0.381. The van der Waals surface area contributed by atoms with Gasteiger partial charge in [-0.25, -0.2) is 0 Å². The molecule has 2 atom stereocenters. The third-order valence-corrected chi connectivity index (χ3v) is 5.53. The summed E-state index contributed by atoms with van der Waals surface area (Å²) in [6, 6.07) is 6.49. The van der Waals surface area contributed by atoms with Crippen molar-refractivity contribution in [3.05, 3.63) is 57.8 Å². The Hall–Kier alpha value is -2.56. The second-order valence-corrected chi connectivity index (χ2v) is 8.10. The highest BCUT2D eigenvalue weighted by Crippen LogP contribution is 2.28. The van der Waals surface area contributed by atoms with Crippen LogP contribution in [0.25, 0.3) is 0 Å². The van der Waals surface area contributed by atoms with E-state index in [9.17, 15) is 22.8 Å². The van der Waals surface area contributed by atoms with Crippen molar-refractivity contribution < 1.29 is 32.2 Å². The fourth-order valence-corrected chi connectivity index (χ4v) is 3.33. The summed E-state index contributed by atoms with van der Waals surface area (Å²) in [4.78, 5) is 28.1. The van der Waals surface area contributed by atoms with Crippen molar-refractivity contribution >= 4 is 35.0 Å². The molecule has 12 heteroatoms. The van der Waals surface area contributed by atoms with E-state index in [1.807, 2.05) is 0 Å². The fourth-order valence-electron chi connectivity index (χ4n) is 3.05. The highest BCUT2D eigenvalue weighted by Gasteiger charge is 2.31. The molecule has 2 N–H and O–H groups in total. The van der Waals surface area contributed by atoms with Gasteiger partial charge in [0.15, 0.2) is 6.61 Å². The summed E-state index contributed by atoms with van der Waals surface area (Å²) in [5.41, 5.74) is -0.567. The highest BCUT2D eigenvalue weighted by atomic mass is 35.5. The van der Waals surface area contributed by atoms with Crippen LogP contribution in [0, 0.1) is 0 Å². The zero-order valence-electron chi connectivity index (χ0n) is 17.1. The van der Waals surface area contributed by atoms with Crippen molar-refractivity contribution in [3.8, 4) is 5.75 Å². The summed E-state index contributed by atoms with van der Waals surface area (Å²) in [5.74, 6) is -0.353. The number of ether oxygens (including phenoxy) is 2. The van der Waals surface area contributed by atoms with Crippen LogP contribution >= 0.6 is 23.2 Å². The number of benzene rings is 1. The molecule has 0 saturated carbocycles. The van der Waals surface area contributed by atoms with E-state index in [1.165, 1.54) is 12.1 Å². The number of aromatic nitrogens is 1. The summed E-state index contributed by atoms with van der Waals surface area (Å²) in [6.45, 7) is -0.114. The van der Waals surface area contributed by atoms with Gasteiger partial charge >= 0.3 is 6.18 Å². The van der Waals surface area contributed by atoms with Crippen LogP contribution in [0.3, 0.4) is 0 Å². The van der Waals surface area contributed by atoms with Crippen LogP contribution in [-0.4, -0.2) is 42.2 Å². The lowest BCUT2D eigenvalue weighted by molar-refractivity contribution is -0.138. The third-order valence-electron chi connectivity index (χ3n) is 4.79. The zero-order chi connectivity index (χ0) is 24.0. The number of amides is 2. The Morgan fingerprint density at radius 3 is 2.55 bits per heavy atom. The van der Waals surface area contributed by atoms with Crippen molar-refractivity contribution in [1.29, 1.82) is 0 Å². The third kappa shape index (κ3) is 7.48. The van der Waals surface area contributed by atoms with Gasteiger partial charge in [0.1, 0.15) is 11.9 Å². The number of rotatable bonds is 7. The smallest absolute Gasteiger partial charge is 0.417 e. The van der Waals surface area contributed by atoms with Gasteiger partial charge in [-0.15, -0.1) is 0 Å². The molecule has 1 aromatic heterocycles. The first-order chi connectivity index (χ1) is 15.6. The maximum atomic E-state index is 12.6. The van der Waals surface area contributed by atoms with Crippen molar-refractivity contribution in [2.75, 3.05) is 13.2 Å². The second-order valence-electron chi connectivity index (χ2n) is 7.28. The molecule has 3 rings (SSSR count). The lowest BCUT2D eigenvalue weighted by Gasteiger charge is -2.28. The van der Waals surface area contributed by atoms with Crippen molar-refractivity contribution in [3.63, 3.8) is 0 Å². The summed E-state index contributed by atoms with van der Waals surface area (Å²) in [6.07, 6.45) is -3.59. The molecule has 1 aliphatic rings. The summed E-state index contributed by atoms with van der Waals surface area (Å²) in [5, 5.41) is 6.05. The molecule has 178 valence electrons. The number of hydrogen-bond acceptors (Lipinski definition) is 5. The molecule has 0 aliphatic carbocycles. The first-order valence-electron chi connectivity index (χ1n) is 9.90. The molecule has 2 amide bonds. The number of alkyl halides is 3. The maximum absolute atomic E-state index is 12.6. The van der Waals surface area contributed by atoms with Crippen LogP contribution < -0.4 is 15.4 Å². The van der Waals surface area contributed by atoms with E-state index in [2.05, 4.69) is 15.6 Å². The van der Waals surface area contributed by atoms with E-state index >= 15 is 0 Å². The Balaban J connectivity index is 1.36. The first-order valence-corrected chi connectivity index (χ1v) is 10.7. The largest absolute Gasteiger partial charge is 0.484 e. The highest BCUT2D eigenvalue weighted by molar-refractivity contribution is 6.42. The molecule has 0 spiro atoms. The second kappa shape index (κ2) is 11.0. The minimum atomic E-state index is -4.47. The van der Waals surface area contributed by atoms with Crippen molar-refractivity contribution in [2.45, 2.75) is 37.7 Å². The molecule has 1 aliphatic heterocycles. The van der Waals surface area contributed by atoms with Gasteiger partial charge in [-0.3, -0.25) is 14.6 Å². The van der Waals surface area contributed by atoms with E-state index in [-0.39, 0.29) is 31.7 Å². The molecule has 33 heavy (non-hydrogen) atoms. The number of carbonyl (C=O) groups excluding carboxylic acids is 2. The molecule has 1 aromatic carbocycles. The quantitative estimate of drug-likeness (QED) is 0.597. The Bertz CT molecular complexity index is 982. The SMILES string of the molecule is O=C(COc1ccc(Cl)c(Cl)c1)N[C@@H]1CC[C@@H](C(=O)NCc2ccc(C(F)(F)F)cn2)OC1. The van der Waals surface area contributed by atoms with Gasteiger partial charge in [0.05, 0.1) is 40.5 Å². The van der Waals surface area contributed by atoms with E-state index < -0.39 is 23.8 Å². The molecule has 1 fully saturated rings. The minimum absolute atomic E-state index is 0.0248. The van der Waals surface area contributed by atoms with Crippen LogP contribution in [0.4, 0.5) is 13.2 Å². The minimum Gasteiger partial charge on any atom is -0.484 e. The number of nitrogens with one attached hydrogen (secondary N) is 2. The Labute approximate surface area is 197 Å². The molecule has 0 bridgehead atoms. The Morgan fingerprint density at radius 1 is 1.15 bits per heavy atom. The maximum Gasteiger partial charge on any atom is 0.417 e. The lowest BCUT2D eigenvalue weighted by atomic mass is 10.0. The normalized spacial score (nSPS) is 18.5. The zero-order valence-corrected chi connectivity index (χ0v) is 18.6. The number of pyridine rings is 1. The van der Waals surface area contributed by atoms with Crippen LogP contribution in [-0.2, 0) is 27.0 Å². The molecule has 2 heterocycles. The van der Waals surface area contributed by atoms with Gasteiger partial charge in [-0.2, -0.15) is 13.2 Å². The van der Waals surface area contributed by atoms with Gasteiger partial charge in [0, 0.05) is 12.3 Å². The molecular weight excluding hydrogens is 486 g/mol. The standard InChI is InChI=1S/C21H20Cl2F3N3O4/c22-16-5-4-15(7-17(16)23)32-11-19(30)29-14-3-6-18(33-10-14)20(31)28-9-13-2-1-12(8-27-13)21(24,25)26/h1-2,4-5,7-8,14,18H,3,6,9-11H2,(H,28,31)(H,29,30)/t14-,18+/m1/s1. The van der Waals surface area contributed by atoms with Gasteiger partial charge in [-0.1, -0.05) is 23.2 Å². The van der Waals surface area contributed by atoms with Crippen molar-refractivity contribution in [2.24, 2.45) is 0 Å². The van der Waals surface area contributed by atoms with Gasteiger partial charge in [0.25, 0.3) is 5.91 Å². The Kier molecular flexibility index (Phi) is 8.39. The topological polar surface area (TPSA) is 89.5 Å². The lowest BCUT2D eigenvalue weighted by Crippen LogP contribution is -2.48. The summed E-state index contributed by atoms with van der Waals surface area (Å²) < 4.78 is 48.6. The molecule has 0 unspecified atom stereocenters. The van der Waals surface area contributed by atoms with Crippen LogP contribution in [0.2, 0.25) is 10.0 Å². The van der Waals surface area contributed by atoms with Crippen LogP contribution in [0.1, 0.15) is 24.1 Å². The van der Waals surface area contributed by atoms with Crippen LogP contribution in [0.5, 0.6) is 5.75 Å². The van der Waals surface area contributed by atoms with Gasteiger partial charge in [-0.05, 0) is 37.1 Å².